The van der Waals surface area contributed by atoms with Crippen molar-refractivity contribution in [3.8, 4) is 23.0 Å². The third kappa shape index (κ3) is 4.01. The van der Waals surface area contributed by atoms with Gasteiger partial charge in [-0.15, -0.1) is 0 Å². The first-order chi connectivity index (χ1) is 16.5. The van der Waals surface area contributed by atoms with Crippen molar-refractivity contribution in [2.45, 2.75) is 0 Å². The van der Waals surface area contributed by atoms with Crippen LogP contribution in [0.25, 0.3) is 5.57 Å². The fourth-order valence-corrected chi connectivity index (χ4v) is 3.78. The summed E-state index contributed by atoms with van der Waals surface area (Å²) in [6.45, 7) is 0. The maximum absolute atomic E-state index is 13.7. The van der Waals surface area contributed by atoms with E-state index in [0.29, 0.717) is 39.9 Å². The first-order valence-electron chi connectivity index (χ1n) is 10.4. The van der Waals surface area contributed by atoms with Gasteiger partial charge in [-0.2, -0.15) is 0 Å². The second-order valence-corrected chi connectivity index (χ2v) is 7.29. The van der Waals surface area contributed by atoms with Gasteiger partial charge in [-0.25, -0.2) is 4.90 Å². The molecule has 1 N–H and O–H groups in total. The fourth-order valence-electron chi connectivity index (χ4n) is 3.78. The third-order valence-corrected chi connectivity index (χ3v) is 5.44. The Balaban J connectivity index is 1.89. The predicted molar refractivity (Wildman–Crippen MR) is 129 cm³/mol. The fraction of sp³-hybridized carbons (Fsp3) is 0.154. The second-order valence-electron chi connectivity index (χ2n) is 7.29. The predicted octanol–water partition coefficient (Wildman–Crippen LogP) is 4.12. The number of methoxy groups -OCH3 is 4. The largest absolute Gasteiger partial charge is 0.497 e. The molecule has 1 heterocycles. The van der Waals surface area contributed by atoms with E-state index in [9.17, 15) is 9.59 Å². The zero-order valence-electron chi connectivity index (χ0n) is 19.2. The van der Waals surface area contributed by atoms with Gasteiger partial charge in [0.05, 0.1) is 45.4 Å². The highest BCUT2D eigenvalue weighted by Crippen LogP contribution is 2.39. The molecule has 1 aliphatic rings. The molecule has 8 nitrogen and oxygen atoms in total. The normalized spacial score (nSPS) is 13.2. The third-order valence-electron chi connectivity index (χ3n) is 5.44. The van der Waals surface area contributed by atoms with Crippen molar-refractivity contribution in [3.63, 3.8) is 0 Å². The van der Waals surface area contributed by atoms with Crippen LogP contribution in [-0.4, -0.2) is 40.3 Å². The lowest BCUT2D eigenvalue weighted by Gasteiger charge is -2.17. The van der Waals surface area contributed by atoms with E-state index < -0.39 is 11.8 Å². The molecule has 0 aliphatic carbocycles. The highest BCUT2D eigenvalue weighted by Gasteiger charge is 2.41. The summed E-state index contributed by atoms with van der Waals surface area (Å²) in [5.74, 6) is 1.00. The van der Waals surface area contributed by atoms with Crippen LogP contribution in [0.1, 0.15) is 5.56 Å². The topological polar surface area (TPSA) is 86.3 Å². The van der Waals surface area contributed by atoms with Crippen LogP contribution in [0, 0.1) is 0 Å². The summed E-state index contributed by atoms with van der Waals surface area (Å²) in [7, 11) is 6.10. The van der Waals surface area contributed by atoms with E-state index in [1.165, 1.54) is 21.3 Å². The molecule has 0 aromatic heterocycles. The van der Waals surface area contributed by atoms with Gasteiger partial charge in [0.15, 0.2) is 0 Å². The Morgan fingerprint density at radius 2 is 1.38 bits per heavy atom. The number of hydrogen-bond acceptors (Lipinski definition) is 7. The quantitative estimate of drug-likeness (QED) is 0.506. The SMILES string of the molecule is COc1cccc(N2C(=O)C(Nc3cc(OC)ccc3OC)=C(c3ccccc3OC)C2=O)c1. The molecule has 1 aliphatic heterocycles. The molecule has 0 bridgehead atoms. The molecule has 8 heteroatoms. The van der Waals surface area contributed by atoms with Gasteiger partial charge in [-0.05, 0) is 30.3 Å². The maximum Gasteiger partial charge on any atom is 0.282 e. The zero-order chi connectivity index (χ0) is 24.2. The summed E-state index contributed by atoms with van der Waals surface area (Å²) in [6.07, 6.45) is 0. The van der Waals surface area contributed by atoms with Crippen LogP contribution < -0.4 is 29.2 Å². The van der Waals surface area contributed by atoms with Crippen LogP contribution in [0.4, 0.5) is 11.4 Å². The molecule has 0 saturated heterocycles. The molecule has 4 rings (SSSR count). The van der Waals surface area contributed by atoms with Crippen LogP contribution >= 0.6 is 0 Å². The first-order valence-corrected chi connectivity index (χ1v) is 10.4. The summed E-state index contributed by atoms with van der Waals surface area (Å²) < 4.78 is 21.5. The Bertz CT molecular complexity index is 1280. The van der Waals surface area contributed by atoms with Crippen molar-refractivity contribution in [2.24, 2.45) is 0 Å². The van der Waals surface area contributed by atoms with Crippen molar-refractivity contribution in [2.75, 3.05) is 38.7 Å². The number of nitrogens with zero attached hydrogens (tertiary/aromatic N) is 1. The Labute approximate surface area is 197 Å². The van der Waals surface area contributed by atoms with E-state index in [2.05, 4.69) is 5.32 Å². The number of imide groups is 1. The number of hydrogen-bond donors (Lipinski definition) is 1. The van der Waals surface area contributed by atoms with E-state index >= 15 is 0 Å². The lowest BCUT2D eigenvalue weighted by atomic mass is 10.0. The highest BCUT2D eigenvalue weighted by molar-refractivity contribution is 6.46. The average molecular weight is 460 g/mol. The van der Waals surface area contributed by atoms with Crippen molar-refractivity contribution in [3.05, 3.63) is 78.0 Å². The molecule has 0 unspecified atom stereocenters. The van der Waals surface area contributed by atoms with Gasteiger partial charge in [-0.1, -0.05) is 24.3 Å². The molecule has 174 valence electrons. The number of carbonyl (C=O) groups is 2. The molecular weight excluding hydrogens is 436 g/mol. The molecule has 0 saturated carbocycles. The van der Waals surface area contributed by atoms with Gasteiger partial charge in [0.1, 0.15) is 28.7 Å². The van der Waals surface area contributed by atoms with Crippen LogP contribution in [0.5, 0.6) is 23.0 Å². The summed E-state index contributed by atoms with van der Waals surface area (Å²) in [5, 5.41) is 3.12. The monoisotopic (exact) mass is 460 g/mol. The molecular formula is C26H24N2O6. The number of nitrogens with one attached hydrogen (secondary N) is 1. The van der Waals surface area contributed by atoms with Crippen molar-refractivity contribution < 1.29 is 28.5 Å². The number of amides is 2. The van der Waals surface area contributed by atoms with Crippen LogP contribution in [0.3, 0.4) is 0 Å². The number of benzene rings is 3. The number of carbonyl (C=O) groups excluding carboxylic acids is 2. The van der Waals surface area contributed by atoms with E-state index in [1.54, 1.807) is 73.8 Å². The Morgan fingerprint density at radius 1 is 0.676 bits per heavy atom. The number of anilines is 2. The summed E-state index contributed by atoms with van der Waals surface area (Å²) in [5.41, 5.74) is 1.60. The molecule has 0 spiro atoms. The second kappa shape index (κ2) is 9.58. The van der Waals surface area contributed by atoms with Crippen molar-refractivity contribution >= 4 is 28.8 Å². The minimum absolute atomic E-state index is 0.0869. The van der Waals surface area contributed by atoms with E-state index in [-0.39, 0.29) is 11.3 Å². The van der Waals surface area contributed by atoms with E-state index in [4.69, 9.17) is 18.9 Å². The number of rotatable bonds is 8. The van der Waals surface area contributed by atoms with Gasteiger partial charge in [-0.3, -0.25) is 9.59 Å². The van der Waals surface area contributed by atoms with Gasteiger partial charge in [0.25, 0.3) is 11.8 Å². The molecule has 2 amide bonds. The van der Waals surface area contributed by atoms with Crippen LogP contribution in [-0.2, 0) is 9.59 Å². The van der Waals surface area contributed by atoms with Crippen LogP contribution in [0.15, 0.2) is 72.4 Å². The number of ether oxygens (including phenoxy) is 4. The van der Waals surface area contributed by atoms with Gasteiger partial charge in [0, 0.05) is 17.7 Å². The maximum atomic E-state index is 13.7. The Hall–Kier alpha value is -4.46. The van der Waals surface area contributed by atoms with Crippen LogP contribution in [0.2, 0.25) is 0 Å². The highest BCUT2D eigenvalue weighted by atomic mass is 16.5. The van der Waals surface area contributed by atoms with Gasteiger partial charge >= 0.3 is 0 Å². The van der Waals surface area contributed by atoms with Gasteiger partial charge in [0.2, 0.25) is 0 Å². The molecule has 0 fully saturated rings. The summed E-state index contributed by atoms with van der Waals surface area (Å²) in [4.78, 5) is 28.5. The molecule has 3 aromatic carbocycles. The van der Waals surface area contributed by atoms with E-state index in [1.807, 2.05) is 0 Å². The summed E-state index contributed by atoms with van der Waals surface area (Å²) >= 11 is 0. The standard InChI is InChI=1S/C26H24N2O6/c1-31-17-9-7-8-16(14-17)28-25(29)23(19-10-5-6-11-21(19)33-3)24(26(28)30)27-20-15-18(32-2)12-13-22(20)34-4/h5-15,27H,1-4H3. The minimum atomic E-state index is -0.524. The molecule has 34 heavy (non-hydrogen) atoms. The molecule has 0 atom stereocenters. The molecule has 3 aromatic rings. The van der Waals surface area contributed by atoms with Crippen molar-refractivity contribution in [1.29, 1.82) is 0 Å². The smallest absolute Gasteiger partial charge is 0.282 e. The Morgan fingerprint density at radius 3 is 2.09 bits per heavy atom. The van der Waals surface area contributed by atoms with E-state index in [0.717, 1.165) is 4.90 Å². The average Bonchev–Trinajstić information content (AvgIpc) is 3.12. The molecule has 0 radical (unpaired) electrons. The minimum Gasteiger partial charge on any atom is -0.497 e. The Kier molecular flexibility index (Phi) is 6.40. The van der Waals surface area contributed by atoms with Gasteiger partial charge < -0.3 is 24.3 Å². The number of para-hydroxylation sites is 1. The lowest BCUT2D eigenvalue weighted by molar-refractivity contribution is -0.120. The summed E-state index contributed by atoms with van der Waals surface area (Å²) in [6, 6.07) is 18.9. The lowest BCUT2D eigenvalue weighted by Crippen LogP contribution is -2.32. The van der Waals surface area contributed by atoms with Crippen molar-refractivity contribution in [1.82, 2.24) is 0 Å². The zero-order valence-corrected chi connectivity index (χ0v) is 19.2. The first kappa shape index (κ1) is 22.7.